The molecule has 2 N–H and O–H groups in total. The zero-order valence-electron chi connectivity index (χ0n) is 15.3. The Bertz CT molecular complexity index is 1280. The number of amides is 1. The Kier molecular flexibility index (Phi) is 4.23. The van der Waals surface area contributed by atoms with E-state index < -0.39 is 20.7 Å². The number of aromatic nitrogens is 2. The Hall–Kier alpha value is -3.53. The summed E-state index contributed by atoms with van der Waals surface area (Å²) >= 11 is 0. The van der Waals surface area contributed by atoms with Gasteiger partial charge in [0.1, 0.15) is 0 Å². The molecular formula is C19H16N4O5S. The van der Waals surface area contributed by atoms with Crippen LogP contribution in [0.25, 0.3) is 16.9 Å². The fourth-order valence-electron chi connectivity index (χ4n) is 3.56. The molecular weight excluding hydrogens is 396 g/mol. The molecule has 0 unspecified atom stereocenters. The van der Waals surface area contributed by atoms with Crippen LogP contribution < -0.4 is 5.73 Å². The van der Waals surface area contributed by atoms with E-state index >= 15 is 0 Å². The molecule has 2 aromatic carbocycles. The maximum absolute atomic E-state index is 11.9. The summed E-state index contributed by atoms with van der Waals surface area (Å²) < 4.78 is 24.9. The van der Waals surface area contributed by atoms with Crippen LogP contribution in [-0.2, 0) is 22.7 Å². The maximum atomic E-state index is 11.9. The number of hydrogen-bond donors (Lipinski definition) is 1. The number of aryl methyl sites for hydroxylation is 1. The van der Waals surface area contributed by atoms with Crippen molar-refractivity contribution in [3.05, 3.63) is 69.4 Å². The number of nitrogens with zero attached hydrogens (tertiary/aromatic N) is 3. The highest BCUT2D eigenvalue weighted by Crippen LogP contribution is 2.38. The van der Waals surface area contributed by atoms with Crippen LogP contribution in [0.1, 0.15) is 21.6 Å². The molecule has 1 amide bonds. The lowest BCUT2D eigenvalue weighted by molar-refractivity contribution is -0.384. The molecule has 0 spiro atoms. The van der Waals surface area contributed by atoms with Crippen molar-refractivity contribution in [2.75, 3.05) is 6.26 Å². The summed E-state index contributed by atoms with van der Waals surface area (Å²) in [6.45, 7) is 0. The number of rotatable bonds is 4. The molecule has 3 aromatic rings. The maximum Gasteiger partial charge on any atom is 0.270 e. The zero-order chi connectivity index (χ0) is 20.9. The molecule has 0 atom stereocenters. The van der Waals surface area contributed by atoms with E-state index in [1.165, 1.54) is 28.9 Å². The Morgan fingerprint density at radius 3 is 2.45 bits per heavy atom. The van der Waals surface area contributed by atoms with Crippen molar-refractivity contribution in [3.8, 4) is 16.9 Å². The van der Waals surface area contributed by atoms with E-state index in [9.17, 15) is 23.3 Å². The molecule has 10 heteroatoms. The van der Waals surface area contributed by atoms with Gasteiger partial charge in [0.2, 0.25) is 0 Å². The van der Waals surface area contributed by atoms with E-state index in [-0.39, 0.29) is 16.3 Å². The summed E-state index contributed by atoms with van der Waals surface area (Å²) in [6.07, 6.45) is 2.22. The van der Waals surface area contributed by atoms with Crippen LogP contribution in [0.4, 0.5) is 5.69 Å². The number of sulfone groups is 1. The van der Waals surface area contributed by atoms with Crippen LogP contribution >= 0.6 is 0 Å². The van der Waals surface area contributed by atoms with E-state index in [1.54, 1.807) is 18.2 Å². The molecule has 0 fully saturated rings. The fourth-order valence-corrected chi connectivity index (χ4v) is 4.19. The SMILES string of the molecule is CS(=O)(=O)c1ccc(-n2nc(C(N)=O)c3c2-c2cc([N+](=O)[O-])ccc2CC3)cc1. The van der Waals surface area contributed by atoms with Gasteiger partial charge in [0, 0.05) is 29.5 Å². The van der Waals surface area contributed by atoms with Gasteiger partial charge in [-0.3, -0.25) is 14.9 Å². The minimum absolute atomic E-state index is 0.0719. The molecule has 0 saturated heterocycles. The molecule has 4 rings (SSSR count). The number of nitro benzene ring substituents is 1. The minimum Gasteiger partial charge on any atom is -0.364 e. The molecule has 1 heterocycles. The van der Waals surface area contributed by atoms with Gasteiger partial charge in [-0.1, -0.05) is 6.07 Å². The van der Waals surface area contributed by atoms with Gasteiger partial charge in [-0.15, -0.1) is 0 Å². The van der Waals surface area contributed by atoms with Gasteiger partial charge in [0.05, 0.1) is 21.2 Å². The summed E-state index contributed by atoms with van der Waals surface area (Å²) in [6, 6.07) is 10.6. The Labute approximate surface area is 165 Å². The number of non-ortho nitro benzene ring substituents is 1. The van der Waals surface area contributed by atoms with E-state index in [2.05, 4.69) is 5.10 Å². The molecule has 29 heavy (non-hydrogen) atoms. The molecule has 0 bridgehead atoms. The summed E-state index contributed by atoms with van der Waals surface area (Å²) in [5, 5.41) is 15.6. The second kappa shape index (κ2) is 6.52. The normalized spacial score (nSPS) is 12.9. The molecule has 1 aliphatic carbocycles. The number of nitro groups is 1. The molecule has 9 nitrogen and oxygen atoms in total. The number of carbonyl (C=O) groups is 1. The molecule has 0 aliphatic heterocycles. The largest absolute Gasteiger partial charge is 0.364 e. The van der Waals surface area contributed by atoms with Gasteiger partial charge in [-0.25, -0.2) is 13.1 Å². The fraction of sp³-hybridized carbons (Fsp3) is 0.158. The lowest BCUT2D eigenvalue weighted by atomic mass is 9.88. The first-order chi connectivity index (χ1) is 13.7. The van der Waals surface area contributed by atoms with Gasteiger partial charge in [0.15, 0.2) is 15.5 Å². The quantitative estimate of drug-likeness (QED) is 0.514. The van der Waals surface area contributed by atoms with Gasteiger partial charge >= 0.3 is 0 Å². The second-order valence-corrected chi connectivity index (χ2v) is 8.83. The standard InChI is InChI=1S/C19H16N4O5S/c1-29(27,28)14-7-5-12(6-8-14)22-18-15(17(21-22)19(20)24)9-3-11-2-4-13(23(25)26)10-16(11)18/h2,4-8,10H,3,9H2,1H3,(H2,20,24). The summed E-state index contributed by atoms with van der Waals surface area (Å²) in [7, 11) is -3.37. The van der Waals surface area contributed by atoms with Crippen molar-refractivity contribution in [2.45, 2.75) is 17.7 Å². The number of nitrogens with two attached hydrogens (primary N) is 1. The minimum atomic E-state index is -3.37. The van der Waals surface area contributed by atoms with Crippen LogP contribution in [0.15, 0.2) is 47.4 Å². The Balaban J connectivity index is 1.97. The average molecular weight is 412 g/mol. The Morgan fingerprint density at radius 1 is 1.17 bits per heavy atom. The van der Waals surface area contributed by atoms with Crippen LogP contribution in [0, 0.1) is 10.1 Å². The van der Waals surface area contributed by atoms with Gasteiger partial charge in [0.25, 0.3) is 11.6 Å². The van der Waals surface area contributed by atoms with Crippen LogP contribution in [0.3, 0.4) is 0 Å². The van der Waals surface area contributed by atoms with Gasteiger partial charge < -0.3 is 5.73 Å². The van der Waals surface area contributed by atoms with Crippen LogP contribution in [-0.4, -0.2) is 35.3 Å². The first-order valence-corrected chi connectivity index (χ1v) is 10.6. The third-order valence-corrected chi connectivity index (χ3v) is 6.06. The molecule has 0 radical (unpaired) electrons. The predicted molar refractivity (Wildman–Crippen MR) is 105 cm³/mol. The summed E-state index contributed by atoms with van der Waals surface area (Å²) in [5.41, 5.74) is 8.73. The van der Waals surface area contributed by atoms with Gasteiger partial charge in [-0.05, 0) is 42.7 Å². The number of hydrogen-bond acceptors (Lipinski definition) is 6. The van der Waals surface area contributed by atoms with Crippen molar-refractivity contribution >= 4 is 21.4 Å². The van der Waals surface area contributed by atoms with E-state index in [0.717, 1.165) is 11.8 Å². The molecule has 1 aliphatic rings. The second-order valence-electron chi connectivity index (χ2n) is 6.82. The number of carbonyl (C=O) groups excluding carboxylic acids is 1. The highest BCUT2D eigenvalue weighted by molar-refractivity contribution is 7.90. The molecule has 148 valence electrons. The highest BCUT2D eigenvalue weighted by Gasteiger charge is 2.29. The van der Waals surface area contributed by atoms with Crippen molar-refractivity contribution in [3.63, 3.8) is 0 Å². The topological polar surface area (TPSA) is 138 Å². The van der Waals surface area contributed by atoms with Gasteiger partial charge in [-0.2, -0.15) is 5.10 Å². The first-order valence-electron chi connectivity index (χ1n) is 8.66. The van der Waals surface area contributed by atoms with Crippen molar-refractivity contribution < 1.29 is 18.1 Å². The number of benzene rings is 2. The summed E-state index contributed by atoms with van der Waals surface area (Å²) in [4.78, 5) is 22.9. The third kappa shape index (κ3) is 3.17. The lowest BCUT2D eigenvalue weighted by Crippen LogP contribution is -2.15. The van der Waals surface area contributed by atoms with Crippen molar-refractivity contribution in [2.24, 2.45) is 5.73 Å². The van der Waals surface area contributed by atoms with Crippen molar-refractivity contribution in [1.29, 1.82) is 0 Å². The average Bonchev–Trinajstić information content (AvgIpc) is 3.07. The third-order valence-electron chi connectivity index (χ3n) is 4.93. The van der Waals surface area contributed by atoms with E-state index in [1.807, 2.05) is 0 Å². The lowest BCUT2D eigenvalue weighted by Gasteiger charge is -2.18. The number of fused-ring (bicyclic) bond motifs is 3. The Morgan fingerprint density at radius 2 is 1.86 bits per heavy atom. The van der Waals surface area contributed by atoms with Crippen LogP contribution in [0.5, 0.6) is 0 Å². The van der Waals surface area contributed by atoms with E-state index in [4.69, 9.17) is 5.73 Å². The smallest absolute Gasteiger partial charge is 0.270 e. The van der Waals surface area contributed by atoms with Crippen LogP contribution in [0.2, 0.25) is 0 Å². The predicted octanol–water partition coefficient (Wildman–Crippen LogP) is 2.05. The van der Waals surface area contributed by atoms with E-state index in [0.29, 0.717) is 35.3 Å². The van der Waals surface area contributed by atoms with Crippen molar-refractivity contribution in [1.82, 2.24) is 9.78 Å². The first kappa shape index (κ1) is 18.8. The molecule has 1 aromatic heterocycles. The zero-order valence-corrected chi connectivity index (χ0v) is 16.1. The monoisotopic (exact) mass is 412 g/mol. The molecule has 0 saturated carbocycles. The highest BCUT2D eigenvalue weighted by atomic mass is 32.2. The number of primary amides is 1. The summed E-state index contributed by atoms with van der Waals surface area (Å²) in [5.74, 6) is -0.693.